The van der Waals surface area contributed by atoms with Gasteiger partial charge in [-0.25, -0.2) is 0 Å². The third kappa shape index (κ3) is 3.22. The number of benzene rings is 1. The Morgan fingerprint density at radius 1 is 1.43 bits per heavy atom. The molecule has 1 aromatic rings. The number of Topliss-reactive ketones (excluding diaryl/α,β-unsaturated/α-hetero) is 1. The van der Waals surface area contributed by atoms with Crippen molar-refractivity contribution in [1.29, 1.82) is 0 Å². The van der Waals surface area contributed by atoms with Crippen molar-refractivity contribution in [3.05, 3.63) is 29.8 Å². The van der Waals surface area contributed by atoms with Gasteiger partial charge in [-0.1, -0.05) is 23.9 Å². The Labute approximate surface area is 86.7 Å². The molecule has 74 valence electrons. The van der Waals surface area contributed by atoms with Crippen LogP contribution in [0.25, 0.3) is 0 Å². The number of thioether (sulfide) groups is 1. The Bertz CT molecular complexity index is 363. The molecule has 0 saturated carbocycles. The Hall–Kier alpha value is -1.29. The first-order chi connectivity index (χ1) is 6.59. The largest absolute Gasteiger partial charge is 0.399 e. The molecule has 2 N–H and O–H groups in total. The topological polar surface area (TPSA) is 60.2 Å². The van der Waals surface area contributed by atoms with Gasteiger partial charge in [0.2, 0.25) is 0 Å². The molecule has 0 aliphatic heterocycles. The van der Waals surface area contributed by atoms with Crippen molar-refractivity contribution in [3.8, 4) is 0 Å². The predicted molar refractivity (Wildman–Crippen MR) is 58.3 cm³/mol. The van der Waals surface area contributed by atoms with Gasteiger partial charge in [-0.2, -0.15) is 0 Å². The van der Waals surface area contributed by atoms with E-state index < -0.39 is 0 Å². The fourth-order valence-electron chi connectivity index (χ4n) is 0.963. The molecule has 0 aliphatic carbocycles. The van der Waals surface area contributed by atoms with Gasteiger partial charge in [-0.05, 0) is 12.1 Å². The van der Waals surface area contributed by atoms with Gasteiger partial charge in [0.05, 0.1) is 5.75 Å². The number of hydrogen-bond acceptors (Lipinski definition) is 4. The first-order valence-electron chi connectivity index (χ1n) is 4.11. The summed E-state index contributed by atoms with van der Waals surface area (Å²) in [4.78, 5) is 22.1. The van der Waals surface area contributed by atoms with E-state index in [0.717, 1.165) is 11.8 Å². The summed E-state index contributed by atoms with van der Waals surface area (Å²) >= 11 is 1.01. The molecule has 0 radical (unpaired) electrons. The van der Waals surface area contributed by atoms with Crippen molar-refractivity contribution in [2.45, 2.75) is 6.92 Å². The number of carbonyl (C=O) groups is 2. The second-order valence-corrected chi connectivity index (χ2v) is 3.98. The second-order valence-electron chi connectivity index (χ2n) is 2.83. The summed E-state index contributed by atoms with van der Waals surface area (Å²) in [6.07, 6.45) is 0. The molecule has 0 unspecified atom stereocenters. The molecule has 14 heavy (non-hydrogen) atoms. The summed E-state index contributed by atoms with van der Waals surface area (Å²) in [5.74, 6) is 0.108. The van der Waals surface area contributed by atoms with E-state index in [1.54, 1.807) is 24.3 Å². The van der Waals surface area contributed by atoms with Crippen LogP contribution in [0.5, 0.6) is 0 Å². The monoisotopic (exact) mass is 209 g/mol. The third-order valence-electron chi connectivity index (χ3n) is 1.62. The van der Waals surface area contributed by atoms with Crippen molar-refractivity contribution in [3.63, 3.8) is 0 Å². The molecule has 0 saturated heterocycles. The minimum absolute atomic E-state index is 0.0535. The van der Waals surface area contributed by atoms with Gasteiger partial charge in [0, 0.05) is 18.2 Å². The number of carbonyl (C=O) groups excluding carboxylic acids is 2. The Kier molecular flexibility index (Phi) is 3.71. The summed E-state index contributed by atoms with van der Waals surface area (Å²) in [5.41, 5.74) is 6.64. The summed E-state index contributed by atoms with van der Waals surface area (Å²) in [6, 6.07) is 6.75. The van der Waals surface area contributed by atoms with Gasteiger partial charge in [0.1, 0.15) is 0 Å². The molecule has 0 spiro atoms. The normalized spacial score (nSPS) is 9.79. The number of nitrogen functional groups attached to an aromatic ring is 1. The second kappa shape index (κ2) is 4.81. The lowest BCUT2D eigenvalue weighted by molar-refractivity contribution is -0.109. The molecule has 0 amide bonds. The minimum Gasteiger partial charge on any atom is -0.399 e. The molecule has 0 aliphatic rings. The van der Waals surface area contributed by atoms with Crippen LogP contribution in [0.2, 0.25) is 0 Å². The maximum atomic E-state index is 11.5. The molecule has 0 heterocycles. The molecule has 1 rings (SSSR count). The number of anilines is 1. The maximum absolute atomic E-state index is 11.5. The number of hydrogen-bond donors (Lipinski definition) is 1. The van der Waals surface area contributed by atoms with Gasteiger partial charge in [0.25, 0.3) is 0 Å². The Morgan fingerprint density at radius 2 is 2.14 bits per heavy atom. The molecular weight excluding hydrogens is 198 g/mol. The summed E-state index contributed by atoms with van der Waals surface area (Å²) in [5, 5.41) is -0.0535. The number of rotatable bonds is 3. The van der Waals surface area contributed by atoms with E-state index in [1.165, 1.54) is 6.92 Å². The van der Waals surface area contributed by atoms with Crippen molar-refractivity contribution >= 4 is 28.3 Å². The molecule has 3 nitrogen and oxygen atoms in total. The number of ketones is 1. The van der Waals surface area contributed by atoms with Gasteiger partial charge < -0.3 is 5.73 Å². The smallest absolute Gasteiger partial charge is 0.186 e. The first-order valence-corrected chi connectivity index (χ1v) is 5.10. The standard InChI is InChI=1S/C10H11NO2S/c1-7(12)14-6-10(13)8-3-2-4-9(11)5-8/h2-5H,6,11H2,1H3. The maximum Gasteiger partial charge on any atom is 0.186 e. The zero-order chi connectivity index (χ0) is 10.6. The fourth-order valence-corrected chi connectivity index (χ4v) is 1.46. The van der Waals surface area contributed by atoms with Crippen molar-refractivity contribution < 1.29 is 9.59 Å². The third-order valence-corrected chi connectivity index (χ3v) is 2.43. The quantitative estimate of drug-likeness (QED) is 0.608. The van der Waals surface area contributed by atoms with E-state index in [1.807, 2.05) is 0 Å². The van der Waals surface area contributed by atoms with Crippen LogP contribution in [0, 0.1) is 0 Å². The number of nitrogens with two attached hydrogens (primary N) is 1. The zero-order valence-corrected chi connectivity index (χ0v) is 8.64. The van der Waals surface area contributed by atoms with Crippen LogP contribution >= 0.6 is 11.8 Å². The molecule has 0 aromatic heterocycles. The summed E-state index contributed by atoms with van der Waals surface area (Å²) in [7, 11) is 0. The summed E-state index contributed by atoms with van der Waals surface area (Å²) < 4.78 is 0. The summed E-state index contributed by atoms with van der Waals surface area (Å²) in [6.45, 7) is 1.44. The van der Waals surface area contributed by atoms with Gasteiger partial charge >= 0.3 is 0 Å². The Balaban J connectivity index is 2.65. The minimum atomic E-state index is -0.0718. The predicted octanol–water partition coefficient (Wildman–Crippen LogP) is 1.73. The molecular formula is C10H11NO2S. The fraction of sp³-hybridized carbons (Fsp3) is 0.200. The molecule has 0 fully saturated rings. The van der Waals surface area contributed by atoms with E-state index >= 15 is 0 Å². The van der Waals surface area contributed by atoms with E-state index in [4.69, 9.17) is 5.73 Å². The average molecular weight is 209 g/mol. The lowest BCUT2D eigenvalue weighted by Gasteiger charge is -1.99. The van der Waals surface area contributed by atoms with Crippen molar-refractivity contribution in [2.75, 3.05) is 11.5 Å². The van der Waals surface area contributed by atoms with Crippen LogP contribution in [0.15, 0.2) is 24.3 Å². The highest BCUT2D eigenvalue weighted by Gasteiger charge is 2.07. The van der Waals surface area contributed by atoms with Crippen molar-refractivity contribution in [1.82, 2.24) is 0 Å². The van der Waals surface area contributed by atoms with E-state index in [-0.39, 0.29) is 16.7 Å². The molecule has 0 atom stereocenters. The lowest BCUT2D eigenvalue weighted by Crippen LogP contribution is -2.04. The molecule has 1 aromatic carbocycles. The average Bonchev–Trinajstić information content (AvgIpc) is 2.14. The first kappa shape index (κ1) is 10.8. The van der Waals surface area contributed by atoms with Gasteiger partial charge in [-0.3, -0.25) is 9.59 Å². The highest BCUT2D eigenvalue weighted by Crippen LogP contribution is 2.11. The van der Waals surface area contributed by atoms with Gasteiger partial charge in [0.15, 0.2) is 10.9 Å². The lowest BCUT2D eigenvalue weighted by atomic mass is 10.1. The highest BCUT2D eigenvalue weighted by atomic mass is 32.2. The van der Waals surface area contributed by atoms with Crippen LogP contribution in [0.1, 0.15) is 17.3 Å². The van der Waals surface area contributed by atoms with E-state index in [2.05, 4.69) is 0 Å². The molecule has 0 bridgehead atoms. The highest BCUT2D eigenvalue weighted by molar-refractivity contribution is 8.14. The van der Waals surface area contributed by atoms with E-state index in [9.17, 15) is 9.59 Å². The zero-order valence-electron chi connectivity index (χ0n) is 7.82. The molecule has 4 heteroatoms. The van der Waals surface area contributed by atoms with Crippen LogP contribution in [-0.2, 0) is 4.79 Å². The van der Waals surface area contributed by atoms with Crippen LogP contribution in [0.3, 0.4) is 0 Å². The van der Waals surface area contributed by atoms with Crippen LogP contribution < -0.4 is 5.73 Å². The van der Waals surface area contributed by atoms with E-state index in [0.29, 0.717) is 11.3 Å². The van der Waals surface area contributed by atoms with Crippen LogP contribution in [-0.4, -0.2) is 16.7 Å². The van der Waals surface area contributed by atoms with Gasteiger partial charge in [-0.15, -0.1) is 0 Å². The van der Waals surface area contributed by atoms with Crippen LogP contribution in [0.4, 0.5) is 5.69 Å². The SMILES string of the molecule is CC(=O)SCC(=O)c1cccc(N)c1. The Morgan fingerprint density at radius 3 is 2.71 bits per heavy atom. The van der Waals surface area contributed by atoms with Crippen molar-refractivity contribution in [2.24, 2.45) is 0 Å².